The molecule has 0 aliphatic carbocycles. The van der Waals surface area contributed by atoms with Crippen molar-refractivity contribution in [1.82, 2.24) is 14.3 Å². The molecule has 0 saturated carbocycles. The number of sulfonamides is 1. The highest BCUT2D eigenvalue weighted by Crippen LogP contribution is 2.22. The summed E-state index contributed by atoms with van der Waals surface area (Å²) < 4.78 is 26.6. The van der Waals surface area contributed by atoms with Crippen LogP contribution in [-0.4, -0.2) is 47.3 Å². The molecule has 1 aromatic carbocycles. The summed E-state index contributed by atoms with van der Waals surface area (Å²) in [6.07, 6.45) is 1.79. The molecule has 1 saturated heterocycles. The number of aromatic nitrogens is 2. The minimum absolute atomic E-state index is 0.0791. The average molecular weight is 406 g/mol. The van der Waals surface area contributed by atoms with Gasteiger partial charge >= 0.3 is 0 Å². The molecule has 0 radical (unpaired) electrons. The van der Waals surface area contributed by atoms with Crippen LogP contribution in [0.4, 0.5) is 0 Å². The Morgan fingerprint density at radius 3 is 2.15 bits per heavy atom. The molecule has 0 amide bonds. The fourth-order valence-electron chi connectivity index (χ4n) is 2.91. The van der Waals surface area contributed by atoms with E-state index in [0.29, 0.717) is 23.8 Å². The van der Waals surface area contributed by atoms with E-state index in [9.17, 15) is 13.2 Å². The summed E-state index contributed by atoms with van der Waals surface area (Å²) in [4.78, 5) is 21.5. The molecule has 0 spiro atoms. The molecule has 3 rings (SSSR count). The van der Waals surface area contributed by atoms with Crippen molar-refractivity contribution in [3.63, 3.8) is 0 Å². The maximum absolute atomic E-state index is 12.5. The molecule has 1 fully saturated rings. The lowest BCUT2D eigenvalue weighted by molar-refractivity contribution is 0.102. The highest BCUT2D eigenvalue weighted by atomic mass is 32.2. The number of nitrogens with zero attached hydrogens (tertiary/aromatic N) is 3. The molecule has 6 nitrogen and oxygen atoms in total. The molecule has 1 aliphatic rings. The summed E-state index contributed by atoms with van der Waals surface area (Å²) in [6.45, 7) is 6.96. The van der Waals surface area contributed by atoms with E-state index in [1.165, 1.54) is 28.2 Å². The molecule has 0 unspecified atom stereocenters. The van der Waals surface area contributed by atoms with Crippen LogP contribution in [0.1, 0.15) is 40.2 Å². The maximum Gasteiger partial charge on any atom is 0.243 e. The van der Waals surface area contributed by atoms with Crippen LogP contribution in [0.3, 0.4) is 0 Å². The minimum atomic E-state index is -3.45. The van der Waals surface area contributed by atoms with Crippen LogP contribution in [0, 0.1) is 20.8 Å². The third kappa shape index (κ3) is 4.39. The van der Waals surface area contributed by atoms with Gasteiger partial charge in [0, 0.05) is 30.0 Å². The van der Waals surface area contributed by atoms with Gasteiger partial charge in [0.2, 0.25) is 10.0 Å². The highest BCUT2D eigenvalue weighted by molar-refractivity contribution is 7.99. The van der Waals surface area contributed by atoms with Gasteiger partial charge in [-0.05, 0) is 51.3 Å². The van der Waals surface area contributed by atoms with E-state index >= 15 is 0 Å². The number of rotatable bonds is 6. The summed E-state index contributed by atoms with van der Waals surface area (Å²) in [5.74, 6) is 0.129. The first-order chi connectivity index (χ1) is 12.8. The first kappa shape index (κ1) is 20.0. The molecule has 0 N–H and O–H groups in total. The predicted octanol–water partition coefficient (Wildman–Crippen LogP) is 3.16. The lowest BCUT2D eigenvalue weighted by atomic mass is 10.1. The molecule has 2 aromatic rings. The van der Waals surface area contributed by atoms with Crippen LogP contribution in [-0.2, 0) is 10.0 Å². The average Bonchev–Trinajstić information content (AvgIpc) is 3.19. The number of carbonyl (C=O) groups excluding carboxylic acids is 1. The van der Waals surface area contributed by atoms with Crippen LogP contribution in [0.15, 0.2) is 34.3 Å². The third-order valence-corrected chi connectivity index (χ3v) is 7.58. The van der Waals surface area contributed by atoms with Crippen molar-refractivity contribution >= 4 is 27.6 Å². The molecule has 2 heterocycles. The summed E-state index contributed by atoms with van der Waals surface area (Å²) in [5.41, 5.74) is 3.37. The second kappa shape index (κ2) is 8.08. The summed E-state index contributed by atoms with van der Waals surface area (Å²) in [6, 6.07) is 6.20. The lowest BCUT2D eigenvalue weighted by Crippen LogP contribution is -2.27. The zero-order valence-electron chi connectivity index (χ0n) is 15.7. The predicted molar refractivity (Wildman–Crippen MR) is 106 cm³/mol. The number of ketones is 1. The third-order valence-electron chi connectivity index (χ3n) is 4.82. The Bertz CT molecular complexity index is 928. The fourth-order valence-corrected chi connectivity index (χ4v) is 5.26. The minimum Gasteiger partial charge on any atom is -0.293 e. The Labute approximate surface area is 164 Å². The number of benzene rings is 1. The zero-order valence-corrected chi connectivity index (χ0v) is 17.4. The fraction of sp³-hybridized carbons (Fsp3) is 0.421. The Balaban J connectivity index is 1.67. The summed E-state index contributed by atoms with van der Waals surface area (Å²) in [5, 5.41) is 0.581. The first-order valence-electron chi connectivity index (χ1n) is 8.87. The summed E-state index contributed by atoms with van der Waals surface area (Å²) in [7, 11) is -3.45. The quantitative estimate of drug-likeness (QED) is 0.417. The van der Waals surface area contributed by atoms with Gasteiger partial charge in [-0.25, -0.2) is 18.4 Å². The van der Waals surface area contributed by atoms with Gasteiger partial charge in [0.25, 0.3) is 0 Å². The second-order valence-corrected chi connectivity index (χ2v) is 9.53. The zero-order chi connectivity index (χ0) is 19.6. The lowest BCUT2D eigenvalue weighted by Gasteiger charge is -2.15. The van der Waals surface area contributed by atoms with E-state index in [2.05, 4.69) is 9.97 Å². The molecule has 0 bridgehead atoms. The van der Waals surface area contributed by atoms with E-state index in [-0.39, 0.29) is 16.4 Å². The monoisotopic (exact) mass is 405 g/mol. The second-order valence-electron chi connectivity index (χ2n) is 6.65. The number of aryl methyl sites for hydroxylation is 2. The van der Waals surface area contributed by atoms with E-state index in [1.807, 2.05) is 20.8 Å². The van der Waals surface area contributed by atoms with Crippen LogP contribution in [0.25, 0.3) is 0 Å². The highest BCUT2D eigenvalue weighted by Gasteiger charge is 2.27. The van der Waals surface area contributed by atoms with Gasteiger partial charge in [-0.3, -0.25) is 4.79 Å². The van der Waals surface area contributed by atoms with Crippen molar-refractivity contribution < 1.29 is 13.2 Å². The van der Waals surface area contributed by atoms with E-state index in [1.54, 1.807) is 12.1 Å². The van der Waals surface area contributed by atoms with Crippen molar-refractivity contribution in [3.8, 4) is 0 Å². The van der Waals surface area contributed by atoms with Crippen LogP contribution < -0.4 is 0 Å². The maximum atomic E-state index is 12.5. The molecular formula is C19H23N3O3S2. The standard InChI is InChI=1S/C19H23N3O3S2/c1-13-14(2)20-19(21-15(13)3)26-12-18(23)16-6-8-17(9-7-16)27(24,25)22-10-4-5-11-22/h6-9H,4-5,10-12H2,1-3H3. The topological polar surface area (TPSA) is 80.2 Å². The van der Waals surface area contributed by atoms with Gasteiger partial charge in [-0.1, -0.05) is 23.9 Å². The van der Waals surface area contributed by atoms with E-state index in [0.717, 1.165) is 29.8 Å². The van der Waals surface area contributed by atoms with Crippen molar-refractivity contribution in [2.24, 2.45) is 0 Å². The van der Waals surface area contributed by atoms with Crippen molar-refractivity contribution in [2.45, 2.75) is 43.7 Å². The van der Waals surface area contributed by atoms with Gasteiger partial charge in [-0.2, -0.15) is 4.31 Å². The largest absolute Gasteiger partial charge is 0.293 e. The van der Waals surface area contributed by atoms with E-state index < -0.39 is 10.0 Å². The molecule has 0 atom stereocenters. The molecule has 144 valence electrons. The van der Waals surface area contributed by atoms with Gasteiger partial charge in [0.05, 0.1) is 10.6 Å². The van der Waals surface area contributed by atoms with Crippen LogP contribution in [0.5, 0.6) is 0 Å². The number of carbonyl (C=O) groups is 1. The molecule has 1 aromatic heterocycles. The van der Waals surface area contributed by atoms with E-state index in [4.69, 9.17) is 0 Å². The SMILES string of the molecule is Cc1nc(SCC(=O)c2ccc(S(=O)(=O)N3CCCC3)cc2)nc(C)c1C. The van der Waals surface area contributed by atoms with Gasteiger partial charge in [-0.15, -0.1) is 0 Å². The Morgan fingerprint density at radius 1 is 1.04 bits per heavy atom. The number of Topliss-reactive ketones (excluding diaryl/α,β-unsaturated/α-hetero) is 1. The molecule has 27 heavy (non-hydrogen) atoms. The molecule has 8 heteroatoms. The van der Waals surface area contributed by atoms with Gasteiger partial charge in [0.1, 0.15) is 0 Å². The molecular weight excluding hydrogens is 382 g/mol. The Hall–Kier alpha value is -1.77. The Kier molecular flexibility index (Phi) is 5.98. The van der Waals surface area contributed by atoms with Crippen LogP contribution >= 0.6 is 11.8 Å². The van der Waals surface area contributed by atoms with Crippen molar-refractivity contribution in [2.75, 3.05) is 18.8 Å². The number of hydrogen-bond donors (Lipinski definition) is 0. The molecule has 1 aliphatic heterocycles. The van der Waals surface area contributed by atoms with Gasteiger partial charge in [0.15, 0.2) is 10.9 Å². The smallest absolute Gasteiger partial charge is 0.243 e. The van der Waals surface area contributed by atoms with Gasteiger partial charge < -0.3 is 0 Å². The number of thioether (sulfide) groups is 1. The summed E-state index contributed by atoms with van der Waals surface area (Å²) >= 11 is 1.29. The van der Waals surface area contributed by atoms with Crippen molar-refractivity contribution in [1.29, 1.82) is 0 Å². The first-order valence-corrected chi connectivity index (χ1v) is 11.3. The normalized spacial score (nSPS) is 15.2. The van der Waals surface area contributed by atoms with Crippen molar-refractivity contribution in [3.05, 3.63) is 46.8 Å². The number of hydrogen-bond acceptors (Lipinski definition) is 6. The van der Waals surface area contributed by atoms with Crippen LogP contribution in [0.2, 0.25) is 0 Å². The Morgan fingerprint density at radius 2 is 1.59 bits per heavy atom.